The molecule has 13 heteroatoms. The van der Waals surface area contributed by atoms with Crippen LogP contribution in [0.4, 0.5) is 0 Å². The van der Waals surface area contributed by atoms with Gasteiger partial charge in [-0.25, -0.2) is 9.86 Å². The number of hydrogen-bond donors (Lipinski definition) is 1. The van der Waals surface area contributed by atoms with Crippen LogP contribution in [0.5, 0.6) is 0 Å². The van der Waals surface area contributed by atoms with Crippen LogP contribution in [0.15, 0.2) is 57.4 Å². The van der Waals surface area contributed by atoms with Gasteiger partial charge in [-0.3, -0.25) is 9.63 Å². The summed E-state index contributed by atoms with van der Waals surface area (Å²) in [6, 6.07) is 14.1. The van der Waals surface area contributed by atoms with Crippen LogP contribution in [0.2, 0.25) is 0 Å². The van der Waals surface area contributed by atoms with E-state index in [1.807, 2.05) is 19.1 Å². The van der Waals surface area contributed by atoms with Crippen molar-refractivity contribution in [1.29, 1.82) is 0 Å². The number of carbonyl (C=O) groups is 2. The molecule has 0 aliphatic rings. The Hall–Kier alpha value is -4.46. The van der Waals surface area contributed by atoms with Crippen molar-refractivity contribution in [3.63, 3.8) is 0 Å². The van der Waals surface area contributed by atoms with Gasteiger partial charge in [0.2, 0.25) is 23.6 Å². The molecule has 0 saturated carbocycles. The van der Waals surface area contributed by atoms with E-state index >= 15 is 0 Å². The van der Waals surface area contributed by atoms with Crippen LogP contribution in [-0.2, 0) is 23.9 Å². The van der Waals surface area contributed by atoms with Crippen molar-refractivity contribution >= 4 is 11.9 Å². The molecule has 0 saturated heterocycles. The van der Waals surface area contributed by atoms with Gasteiger partial charge in [-0.1, -0.05) is 24.3 Å². The van der Waals surface area contributed by atoms with E-state index in [0.29, 0.717) is 42.3 Å². The summed E-state index contributed by atoms with van der Waals surface area (Å²) in [5, 5.41) is 25.6. The average molecular weight is 568 g/mol. The molecule has 2 aromatic carbocycles. The molecule has 0 bridgehead atoms. The molecule has 2 aromatic heterocycles. The molecule has 41 heavy (non-hydrogen) atoms. The Balaban J connectivity index is 0.000000228. The van der Waals surface area contributed by atoms with E-state index in [1.54, 1.807) is 64.2 Å². The second kappa shape index (κ2) is 14.8. The van der Waals surface area contributed by atoms with Crippen LogP contribution in [0.1, 0.15) is 49.0 Å². The number of likely N-dealkylation sites (N-methyl/N-ethyl adjacent to an activating group) is 1. The van der Waals surface area contributed by atoms with Crippen LogP contribution in [0.3, 0.4) is 0 Å². The van der Waals surface area contributed by atoms with E-state index in [4.69, 9.17) is 28.3 Å². The molecule has 0 aliphatic carbocycles. The molecule has 4 rings (SSSR count). The van der Waals surface area contributed by atoms with Crippen molar-refractivity contribution in [3.05, 3.63) is 71.4 Å². The number of nitrogens with zero attached hydrogens (tertiary/aromatic N) is 5. The van der Waals surface area contributed by atoms with Crippen LogP contribution >= 0.6 is 0 Å². The number of hydroxylamine groups is 2. The van der Waals surface area contributed by atoms with Gasteiger partial charge < -0.3 is 23.4 Å². The lowest BCUT2D eigenvalue weighted by molar-refractivity contribution is -0.181. The van der Waals surface area contributed by atoms with Gasteiger partial charge in [0.15, 0.2) is 12.2 Å². The summed E-state index contributed by atoms with van der Waals surface area (Å²) in [7, 11) is 2.98. The number of rotatable bonds is 11. The average Bonchev–Trinajstić information content (AvgIpc) is 3.62. The summed E-state index contributed by atoms with van der Waals surface area (Å²) in [5.41, 5.74) is 2.84. The molecular formula is C28H33N5O8. The largest absolute Gasteiger partial charge is 0.479 e. The minimum Gasteiger partial charge on any atom is -0.479 e. The number of ether oxygens (including phenoxy) is 2. The molecule has 0 fully saturated rings. The number of aromatic nitrogens is 4. The number of carboxylic acid groups (broad SMARTS) is 1. The topological polar surface area (TPSA) is 163 Å². The summed E-state index contributed by atoms with van der Waals surface area (Å²) in [6.07, 6.45) is -1.67. The van der Waals surface area contributed by atoms with E-state index in [2.05, 4.69) is 20.4 Å². The second-order valence-electron chi connectivity index (χ2n) is 8.52. The summed E-state index contributed by atoms with van der Waals surface area (Å²) in [5.74, 6) is 0.554. The molecule has 0 spiro atoms. The Morgan fingerprint density at radius 1 is 0.780 bits per heavy atom. The lowest BCUT2D eigenvalue weighted by atomic mass is 10.1. The van der Waals surface area contributed by atoms with Gasteiger partial charge >= 0.3 is 5.97 Å². The highest BCUT2D eigenvalue weighted by atomic mass is 16.7. The fourth-order valence-electron chi connectivity index (χ4n) is 3.64. The third-order valence-electron chi connectivity index (χ3n) is 5.67. The van der Waals surface area contributed by atoms with E-state index in [0.717, 1.165) is 21.8 Å². The van der Waals surface area contributed by atoms with Gasteiger partial charge in [-0.05, 0) is 49.2 Å². The van der Waals surface area contributed by atoms with Crippen LogP contribution < -0.4 is 0 Å². The van der Waals surface area contributed by atoms with Crippen LogP contribution in [-0.4, -0.2) is 69.8 Å². The Kier molecular flexibility index (Phi) is 11.2. The van der Waals surface area contributed by atoms with Crippen LogP contribution in [0, 0.1) is 13.8 Å². The van der Waals surface area contributed by atoms with E-state index < -0.39 is 18.2 Å². The highest BCUT2D eigenvalue weighted by molar-refractivity contribution is 5.81. The molecule has 2 atom stereocenters. The Morgan fingerprint density at radius 2 is 1.20 bits per heavy atom. The van der Waals surface area contributed by atoms with Crippen molar-refractivity contribution < 1.29 is 37.8 Å². The van der Waals surface area contributed by atoms with E-state index in [9.17, 15) is 9.59 Å². The van der Waals surface area contributed by atoms with Gasteiger partial charge in [0, 0.05) is 45.2 Å². The molecule has 4 aromatic rings. The lowest BCUT2D eigenvalue weighted by Crippen LogP contribution is -2.32. The molecule has 218 valence electrons. The molecule has 0 radical (unpaired) electrons. The Bertz CT molecular complexity index is 1400. The van der Waals surface area contributed by atoms with Gasteiger partial charge in [-0.2, -0.15) is 0 Å². The maximum atomic E-state index is 12.3. The predicted molar refractivity (Wildman–Crippen MR) is 145 cm³/mol. The molecule has 0 aliphatic heterocycles. The molecule has 13 nitrogen and oxygen atoms in total. The third-order valence-corrected chi connectivity index (χ3v) is 5.67. The van der Waals surface area contributed by atoms with Crippen molar-refractivity contribution in [2.75, 3.05) is 27.4 Å². The monoisotopic (exact) mass is 567 g/mol. The lowest BCUT2D eigenvalue weighted by Gasteiger charge is -2.22. The van der Waals surface area contributed by atoms with Gasteiger partial charge in [0.1, 0.15) is 0 Å². The number of hydrogen-bond acceptors (Lipinski definition) is 11. The first-order valence-electron chi connectivity index (χ1n) is 12.8. The SMILES string of the molecule is CCOC(C(=O)N(C)OC)c1ccc(-c2nnc(C)o2)cc1.CCOC(C(=O)O)c1ccc(-c2nnc(C)o2)cc1. The van der Waals surface area contributed by atoms with Crippen LogP contribution in [0.25, 0.3) is 22.9 Å². The molecule has 1 amide bonds. The van der Waals surface area contributed by atoms with Crippen molar-refractivity contribution in [2.24, 2.45) is 0 Å². The first-order chi connectivity index (χ1) is 19.7. The number of aliphatic carboxylic acids is 1. The van der Waals surface area contributed by atoms with Crippen molar-refractivity contribution in [2.45, 2.75) is 39.9 Å². The second-order valence-corrected chi connectivity index (χ2v) is 8.52. The van der Waals surface area contributed by atoms with Gasteiger partial charge in [0.05, 0.1) is 7.11 Å². The first-order valence-corrected chi connectivity index (χ1v) is 12.8. The van der Waals surface area contributed by atoms with Crippen molar-refractivity contribution in [3.8, 4) is 22.9 Å². The minimum absolute atomic E-state index is 0.272. The quantitative estimate of drug-likeness (QED) is 0.255. The minimum atomic E-state index is -1.01. The van der Waals surface area contributed by atoms with Crippen molar-refractivity contribution in [1.82, 2.24) is 25.5 Å². The number of amides is 1. The summed E-state index contributed by atoms with van der Waals surface area (Å²) < 4.78 is 21.4. The fraction of sp³-hybridized carbons (Fsp3) is 0.357. The standard InChI is InChI=1S/C15H19N3O4.C13H14N2O4/c1-5-21-13(15(19)18(3)20-4)11-6-8-12(9-7-11)14-17-16-10(2)22-14;1-3-18-11(13(16)17)9-4-6-10(7-5-9)12-15-14-8(2)19-12/h6-9,13H,5H2,1-4H3;4-7,11H,3H2,1-2H3,(H,16,17). The first kappa shape index (κ1) is 31.1. The van der Waals surface area contributed by atoms with E-state index in [1.165, 1.54) is 7.11 Å². The number of carboxylic acids is 1. The third kappa shape index (κ3) is 8.27. The summed E-state index contributed by atoms with van der Waals surface area (Å²) in [4.78, 5) is 28.3. The summed E-state index contributed by atoms with van der Waals surface area (Å²) >= 11 is 0. The Labute approximate surface area is 237 Å². The zero-order valence-corrected chi connectivity index (χ0v) is 23.7. The molecule has 1 N–H and O–H groups in total. The zero-order valence-electron chi connectivity index (χ0n) is 23.7. The maximum Gasteiger partial charge on any atom is 0.337 e. The number of benzene rings is 2. The number of carbonyl (C=O) groups excluding carboxylic acids is 1. The maximum absolute atomic E-state index is 12.3. The molecular weight excluding hydrogens is 534 g/mol. The molecule has 2 heterocycles. The highest BCUT2D eigenvalue weighted by Gasteiger charge is 2.25. The molecule has 2 unspecified atom stereocenters. The zero-order chi connectivity index (χ0) is 29.9. The number of aryl methyl sites for hydroxylation is 2. The van der Waals surface area contributed by atoms with Gasteiger partial charge in [0.25, 0.3) is 5.91 Å². The predicted octanol–water partition coefficient (Wildman–Crippen LogP) is 4.35. The Morgan fingerprint density at radius 3 is 1.54 bits per heavy atom. The highest BCUT2D eigenvalue weighted by Crippen LogP contribution is 2.25. The smallest absolute Gasteiger partial charge is 0.337 e. The van der Waals surface area contributed by atoms with E-state index in [-0.39, 0.29) is 5.91 Å². The fourth-order valence-corrected chi connectivity index (χ4v) is 3.64. The van der Waals surface area contributed by atoms with Gasteiger partial charge in [-0.15, -0.1) is 20.4 Å². The normalized spacial score (nSPS) is 12.2. The summed E-state index contributed by atoms with van der Waals surface area (Å²) in [6.45, 7) is 7.78.